The molecule has 0 unspecified atom stereocenters. The summed E-state index contributed by atoms with van der Waals surface area (Å²) in [5.74, 6) is 0.961. The van der Waals surface area contributed by atoms with Gasteiger partial charge >= 0.3 is 6.01 Å². The van der Waals surface area contributed by atoms with Crippen molar-refractivity contribution in [1.82, 2.24) is 14.8 Å². The monoisotopic (exact) mass is 224 g/mol. The minimum absolute atomic E-state index is 0.133. The quantitative estimate of drug-likeness (QED) is 0.818. The molecule has 1 aliphatic carbocycles. The maximum atomic E-state index is 5.68. The third kappa shape index (κ3) is 2.19. The van der Waals surface area contributed by atoms with Crippen LogP contribution in [-0.4, -0.2) is 27.4 Å². The van der Waals surface area contributed by atoms with Gasteiger partial charge in [0.25, 0.3) is 0 Å². The summed E-state index contributed by atoms with van der Waals surface area (Å²) >= 11 is 0. The fraction of sp³-hybridized carbons (Fsp3) is 0.818. The molecule has 1 heterocycles. The molecule has 0 aliphatic heterocycles. The van der Waals surface area contributed by atoms with E-state index in [1.54, 1.807) is 0 Å². The minimum Gasteiger partial charge on any atom is -0.461 e. The molecule has 1 aliphatic rings. The van der Waals surface area contributed by atoms with Crippen LogP contribution < -0.4 is 10.5 Å². The Bertz CT molecular complexity index is 344. The Morgan fingerprint density at radius 2 is 2.19 bits per heavy atom. The Balaban J connectivity index is 2.22. The molecule has 1 aromatic rings. The number of hydrogen-bond donors (Lipinski definition) is 1. The lowest BCUT2D eigenvalue weighted by Gasteiger charge is -2.29. The van der Waals surface area contributed by atoms with E-state index in [2.05, 4.69) is 14.8 Å². The molecule has 0 amide bonds. The van der Waals surface area contributed by atoms with E-state index in [1.807, 2.05) is 13.8 Å². The molecule has 0 atom stereocenters. The summed E-state index contributed by atoms with van der Waals surface area (Å²) in [6, 6.07) is 1.17. The van der Waals surface area contributed by atoms with Crippen LogP contribution in [-0.2, 0) is 6.42 Å². The summed E-state index contributed by atoms with van der Waals surface area (Å²) in [4.78, 5) is 0. The van der Waals surface area contributed by atoms with Crippen LogP contribution in [0.15, 0.2) is 0 Å². The minimum atomic E-state index is 0.133. The maximum absolute atomic E-state index is 5.68. The Kier molecular flexibility index (Phi) is 3.43. The summed E-state index contributed by atoms with van der Waals surface area (Å²) in [6.45, 7) is 4.61. The van der Waals surface area contributed by atoms with E-state index in [0.717, 1.165) is 12.2 Å². The number of ether oxygens (including phenoxy) is 1. The van der Waals surface area contributed by atoms with Crippen LogP contribution in [0, 0.1) is 0 Å². The summed E-state index contributed by atoms with van der Waals surface area (Å²) in [7, 11) is 0. The van der Waals surface area contributed by atoms with E-state index in [0.29, 0.717) is 18.6 Å². The standard InChI is InChI=1S/C11H20N4O/c1-8(2)16-11-14-13-10(6-7-12)15(11)9-4-3-5-9/h8-9H,3-7,12H2,1-2H3. The topological polar surface area (TPSA) is 66.0 Å². The van der Waals surface area contributed by atoms with Crippen molar-refractivity contribution in [2.24, 2.45) is 5.73 Å². The smallest absolute Gasteiger partial charge is 0.317 e. The summed E-state index contributed by atoms with van der Waals surface area (Å²) in [5, 5.41) is 8.28. The van der Waals surface area contributed by atoms with Crippen molar-refractivity contribution in [3.8, 4) is 6.01 Å². The number of hydrogen-bond acceptors (Lipinski definition) is 4. The van der Waals surface area contributed by atoms with Gasteiger partial charge in [0.2, 0.25) is 0 Å². The molecule has 0 aromatic carbocycles. The van der Waals surface area contributed by atoms with Crippen molar-refractivity contribution in [2.75, 3.05) is 6.54 Å². The summed E-state index contributed by atoms with van der Waals surface area (Å²) < 4.78 is 7.81. The van der Waals surface area contributed by atoms with Crippen molar-refractivity contribution in [1.29, 1.82) is 0 Å². The average Bonchev–Trinajstić information content (AvgIpc) is 2.48. The average molecular weight is 224 g/mol. The lowest BCUT2D eigenvalue weighted by Crippen LogP contribution is -2.23. The van der Waals surface area contributed by atoms with Crippen LogP contribution in [0.1, 0.15) is 45.0 Å². The first-order valence-corrected chi connectivity index (χ1v) is 6.03. The largest absolute Gasteiger partial charge is 0.461 e. The van der Waals surface area contributed by atoms with Gasteiger partial charge in [-0.15, -0.1) is 5.10 Å². The third-order valence-corrected chi connectivity index (χ3v) is 2.88. The molecule has 0 bridgehead atoms. The molecule has 2 N–H and O–H groups in total. The maximum Gasteiger partial charge on any atom is 0.317 e. The van der Waals surface area contributed by atoms with Crippen molar-refractivity contribution < 1.29 is 4.74 Å². The zero-order chi connectivity index (χ0) is 11.5. The van der Waals surface area contributed by atoms with Gasteiger partial charge in [-0.3, -0.25) is 4.57 Å². The highest BCUT2D eigenvalue weighted by Gasteiger charge is 2.26. The molecule has 5 nitrogen and oxygen atoms in total. The van der Waals surface area contributed by atoms with Crippen molar-refractivity contribution >= 4 is 0 Å². The number of nitrogens with two attached hydrogens (primary N) is 1. The second-order valence-corrected chi connectivity index (χ2v) is 4.56. The molecule has 0 radical (unpaired) electrons. The lowest BCUT2D eigenvalue weighted by atomic mass is 9.93. The van der Waals surface area contributed by atoms with Gasteiger partial charge in [0.05, 0.1) is 6.10 Å². The highest BCUT2D eigenvalue weighted by Crippen LogP contribution is 2.35. The molecule has 2 rings (SSSR count). The van der Waals surface area contributed by atoms with Gasteiger partial charge in [-0.1, -0.05) is 5.10 Å². The molecule has 1 aromatic heterocycles. The third-order valence-electron chi connectivity index (χ3n) is 2.88. The van der Waals surface area contributed by atoms with Gasteiger partial charge in [-0.05, 0) is 39.7 Å². The second-order valence-electron chi connectivity index (χ2n) is 4.56. The molecule has 0 spiro atoms. The Hall–Kier alpha value is -1.10. The normalized spacial score (nSPS) is 16.5. The Morgan fingerprint density at radius 3 is 2.69 bits per heavy atom. The van der Waals surface area contributed by atoms with Gasteiger partial charge in [-0.25, -0.2) is 0 Å². The first kappa shape index (κ1) is 11.4. The van der Waals surface area contributed by atoms with Gasteiger partial charge < -0.3 is 10.5 Å². The fourth-order valence-corrected chi connectivity index (χ4v) is 1.91. The van der Waals surface area contributed by atoms with Gasteiger partial charge in [0, 0.05) is 12.5 Å². The van der Waals surface area contributed by atoms with Crippen LogP contribution in [0.5, 0.6) is 6.01 Å². The second kappa shape index (κ2) is 4.82. The SMILES string of the molecule is CC(C)Oc1nnc(CCN)n1C1CCC1. The van der Waals surface area contributed by atoms with Crippen molar-refractivity contribution in [3.05, 3.63) is 5.82 Å². The van der Waals surface area contributed by atoms with E-state index in [1.165, 1.54) is 19.3 Å². The van der Waals surface area contributed by atoms with Gasteiger partial charge in [0.1, 0.15) is 5.82 Å². The predicted octanol–water partition coefficient (Wildman–Crippen LogP) is 1.29. The van der Waals surface area contributed by atoms with E-state index in [-0.39, 0.29) is 6.10 Å². The Labute approximate surface area is 96.0 Å². The molecule has 5 heteroatoms. The first-order chi connectivity index (χ1) is 7.72. The Morgan fingerprint density at radius 1 is 1.44 bits per heavy atom. The van der Waals surface area contributed by atoms with Crippen LogP contribution in [0.4, 0.5) is 0 Å². The molecule has 16 heavy (non-hydrogen) atoms. The number of rotatable bonds is 5. The summed E-state index contributed by atoms with van der Waals surface area (Å²) in [6.07, 6.45) is 4.58. The van der Waals surface area contributed by atoms with Crippen LogP contribution in [0.25, 0.3) is 0 Å². The first-order valence-electron chi connectivity index (χ1n) is 6.03. The summed E-state index contributed by atoms with van der Waals surface area (Å²) in [5.41, 5.74) is 5.58. The number of aromatic nitrogens is 3. The van der Waals surface area contributed by atoms with Crippen molar-refractivity contribution in [3.63, 3.8) is 0 Å². The lowest BCUT2D eigenvalue weighted by molar-refractivity contribution is 0.187. The zero-order valence-electron chi connectivity index (χ0n) is 10.0. The molecule has 1 saturated carbocycles. The zero-order valence-corrected chi connectivity index (χ0v) is 10.0. The van der Waals surface area contributed by atoms with E-state index >= 15 is 0 Å². The van der Waals surface area contributed by atoms with E-state index < -0.39 is 0 Å². The van der Waals surface area contributed by atoms with E-state index in [9.17, 15) is 0 Å². The molecular formula is C11H20N4O. The highest BCUT2D eigenvalue weighted by atomic mass is 16.5. The molecule has 0 saturated heterocycles. The molecule has 1 fully saturated rings. The molecular weight excluding hydrogens is 204 g/mol. The molecule has 90 valence electrons. The predicted molar refractivity (Wildman–Crippen MR) is 61.4 cm³/mol. The van der Waals surface area contributed by atoms with Gasteiger partial charge in [-0.2, -0.15) is 0 Å². The van der Waals surface area contributed by atoms with Crippen LogP contribution >= 0.6 is 0 Å². The van der Waals surface area contributed by atoms with E-state index in [4.69, 9.17) is 10.5 Å². The van der Waals surface area contributed by atoms with Crippen molar-refractivity contribution in [2.45, 2.75) is 51.7 Å². The van der Waals surface area contributed by atoms with Gasteiger partial charge in [0.15, 0.2) is 0 Å². The number of nitrogens with zero attached hydrogens (tertiary/aromatic N) is 3. The van der Waals surface area contributed by atoms with Crippen LogP contribution in [0.3, 0.4) is 0 Å². The highest BCUT2D eigenvalue weighted by molar-refractivity contribution is 5.06. The van der Waals surface area contributed by atoms with Crippen LogP contribution in [0.2, 0.25) is 0 Å². The fourth-order valence-electron chi connectivity index (χ4n) is 1.91.